The van der Waals surface area contributed by atoms with Gasteiger partial charge in [-0.15, -0.1) is 0 Å². The summed E-state index contributed by atoms with van der Waals surface area (Å²) in [7, 11) is 0. The third-order valence-corrected chi connectivity index (χ3v) is 6.94. The molecule has 1 aromatic carbocycles. The van der Waals surface area contributed by atoms with E-state index in [9.17, 15) is 0 Å². The Morgan fingerprint density at radius 1 is 0.923 bits per heavy atom. The number of rotatable bonds is 7. The third-order valence-electron chi connectivity index (χ3n) is 6.80. The lowest BCUT2D eigenvalue weighted by Crippen LogP contribution is -2.25. The van der Waals surface area contributed by atoms with Gasteiger partial charge in [0.15, 0.2) is 0 Å². The van der Waals surface area contributed by atoms with Crippen molar-refractivity contribution in [3.05, 3.63) is 41.4 Å². The number of halogens is 1. The first-order valence-electron chi connectivity index (χ1n) is 10.8. The van der Waals surface area contributed by atoms with Crippen LogP contribution in [0, 0.1) is 23.7 Å². The van der Waals surface area contributed by atoms with Gasteiger partial charge in [0.1, 0.15) is 5.75 Å². The zero-order valence-corrected chi connectivity index (χ0v) is 17.1. The van der Waals surface area contributed by atoms with Crippen molar-refractivity contribution in [2.45, 2.75) is 71.1 Å². The first-order chi connectivity index (χ1) is 12.8. The molecule has 144 valence electrons. The minimum Gasteiger partial charge on any atom is -0.494 e. The van der Waals surface area contributed by atoms with Crippen LogP contribution in [0.3, 0.4) is 0 Å². The largest absolute Gasteiger partial charge is 0.494 e. The molecule has 1 nitrogen and oxygen atoms in total. The van der Waals surface area contributed by atoms with Gasteiger partial charge in [0.05, 0.1) is 6.61 Å². The first-order valence-corrected chi connectivity index (χ1v) is 11.2. The summed E-state index contributed by atoms with van der Waals surface area (Å²) in [6, 6.07) is 8.71. The average molecular weight is 375 g/mol. The van der Waals surface area contributed by atoms with Gasteiger partial charge in [-0.3, -0.25) is 0 Å². The van der Waals surface area contributed by atoms with Gasteiger partial charge < -0.3 is 4.74 Å². The molecule has 0 saturated heterocycles. The zero-order chi connectivity index (χ0) is 18.2. The molecule has 26 heavy (non-hydrogen) atoms. The van der Waals surface area contributed by atoms with Crippen LogP contribution in [-0.4, -0.2) is 6.61 Å². The van der Waals surface area contributed by atoms with E-state index in [1.807, 2.05) is 6.92 Å². The minimum absolute atomic E-state index is 0.744. The molecule has 0 amide bonds. The summed E-state index contributed by atoms with van der Waals surface area (Å²) in [5.41, 5.74) is 3.18. The standard InChI is InChI=1S/C24H35ClO/c1-2-26-24-15-9-20(10-16-24)4-3-19-5-11-22(12-6-19)23-13-7-21(8-14-23)17-18-25/h9-10,15-19,21-23H,2-8,11-14H2,1H3/b18-17+. The van der Waals surface area contributed by atoms with Crippen LogP contribution in [0.15, 0.2) is 35.9 Å². The predicted octanol–water partition coefficient (Wildman–Crippen LogP) is 7.38. The minimum atomic E-state index is 0.744. The van der Waals surface area contributed by atoms with Crippen LogP contribution in [0.1, 0.15) is 70.3 Å². The van der Waals surface area contributed by atoms with Crippen LogP contribution in [0.2, 0.25) is 0 Å². The molecule has 0 aliphatic heterocycles. The van der Waals surface area contributed by atoms with Gasteiger partial charge in [-0.05, 0) is 99.7 Å². The lowest BCUT2D eigenvalue weighted by atomic mass is 9.68. The molecule has 3 rings (SSSR count). The lowest BCUT2D eigenvalue weighted by molar-refractivity contribution is 0.153. The topological polar surface area (TPSA) is 9.23 Å². The summed E-state index contributed by atoms with van der Waals surface area (Å²) in [6.45, 7) is 2.78. The highest BCUT2D eigenvalue weighted by Gasteiger charge is 2.30. The van der Waals surface area contributed by atoms with Crippen molar-refractivity contribution >= 4 is 11.6 Å². The van der Waals surface area contributed by atoms with Crippen molar-refractivity contribution in [2.75, 3.05) is 6.61 Å². The van der Waals surface area contributed by atoms with E-state index in [1.165, 1.54) is 69.8 Å². The van der Waals surface area contributed by atoms with Gasteiger partial charge in [-0.2, -0.15) is 0 Å². The summed E-state index contributed by atoms with van der Waals surface area (Å²) in [5.74, 6) is 4.66. The van der Waals surface area contributed by atoms with Gasteiger partial charge in [0.25, 0.3) is 0 Å². The molecule has 0 N–H and O–H groups in total. The van der Waals surface area contributed by atoms with E-state index in [0.29, 0.717) is 0 Å². The summed E-state index contributed by atoms with van der Waals surface area (Å²) < 4.78 is 5.53. The predicted molar refractivity (Wildman–Crippen MR) is 112 cm³/mol. The van der Waals surface area contributed by atoms with E-state index in [2.05, 4.69) is 30.3 Å². The van der Waals surface area contributed by atoms with Crippen molar-refractivity contribution in [1.29, 1.82) is 0 Å². The van der Waals surface area contributed by atoms with Crippen molar-refractivity contribution in [3.63, 3.8) is 0 Å². The fraction of sp³-hybridized carbons (Fsp3) is 0.667. The number of ether oxygens (including phenoxy) is 1. The summed E-state index contributed by atoms with van der Waals surface area (Å²) in [6.07, 6.45) is 16.2. The molecular weight excluding hydrogens is 340 g/mol. The van der Waals surface area contributed by atoms with E-state index in [4.69, 9.17) is 16.3 Å². The van der Waals surface area contributed by atoms with Gasteiger partial charge in [0.2, 0.25) is 0 Å². The number of aryl methyl sites for hydroxylation is 1. The van der Waals surface area contributed by atoms with Gasteiger partial charge in [-0.1, -0.05) is 42.7 Å². The fourth-order valence-corrected chi connectivity index (χ4v) is 5.36. The second-order valence-electron chi connectivity index (χ2n) is 8.39. The Balaban J connectivity index is 1.36. The highest BCUT2D eigenvalue weighted by Crippen LogP contribution is 2.42. The average Bonchev–Trinajstić information content (AvgIpc) is 2.69. The molecule has 0 atom stereocenters. The smallest absolute Gasteiger partial charge is 0.119 e. The molecule has 0 unspecified atom stereocenters. The molecule has 2 saturated carbocycles. The quantitative estimate of drug-likeness (QED) is 0.483. The summed E-state index contributed by atoms with van der Waals surface area (Å²) >= 11 is 5.74. The van der Waals surface area contributed by atoms with E-state index in [0.717, 1.165) is 36.0 Å². The third kappa shape index (κ3) is 5.78. The molecule has 2 fully saturated rings. The van der Waals surface area contributed by atoms with Crippen LogP contribution in [0.4, 0.5) is 0 Å². The Bertz CT molecular complexity index is 534. The monoisotopic (exact) mass is 374 g/mol. The van der Waals surface area contributed by atoms with Crippen molar-refractivity contribution in [1.82, 2.24) is 0 Å². The molecule has 1 aromatic rings. The Morgan fingerprint density at radius 3 is 2.12 bits per heavy atom. The van der Waals surface area contributed by atoms with Crippen LogP contribution in [0.5, 0.6) is 5.75 Å². The maximum atomic E-state index is 5.74. The molecule has 0 spiro atoms. The maximum Gasteiger partial charge on any atom is 0.119 e. The number of hydrogen-bond donors (Lipinski definition) is 0. The maximum absolute atomic E-state index is 5.74. The molecule has 0 bridgehead atoms. The number of benzene rings is 1. The molecule has 0 heterocycles. The van der Waals surface area contributed by atoms with Crippen LogP contribution >= 0.6 is 11.6 Å². The molecule has 0 aromatic heterocycles. The normalized spacial score (nSPS) is 29.8. The van der Waals surface area contributed by atoms with Crippen molar-refractivity contribution < 1.29 is 4.74 Å². The number of hydrogen-bond acceptors (Lipinski definition) is 1. The Labute approximate surface area is 165 Å². The van der Waals surface area contributed by atoms with E-state index < -0.39 is 0 Å². The Morgan fingerprint density at radius 2 is 1.54 bits per heavy atom. The van der Waals surface area contributed by atoms with Crippen LogP contribution < -0.4 is 4.74 Å². The highest BCUT2D eigenvalue weighted by atomic mass is 35.5. The Kier molecular flexibility index (Phi) is 7.92. The second kappa shape index (κ2) is 10.4. The summed E-state index contributed by atoms with van der Waals surface area (Å²) in [5, 5.41) is 0. The van der Waals surface area contributed by atoms with E-state index >= 15 is 0 Å². The van der Waals surface area contributed by atoms with Gasteiger partial charge in [0, 0.05) is 5.54 Å². The Hall–Kier alpha value is -0.950. The highest BCUT2D eigenvalue weighted by molar-refractivity contribution is 6.25. The SMILES string of the molecule is CCOc1ccc(CCC2CCC(C3CCC(/C=C/Cl)CC3)CC2)cc1. The van der Waals surface area contributed by atoms with Gasteiger partial charge >= 0.3 is 0 Å². The number of allylic oxidation sites excluding steroid dienone is 1. The van der Waals surface area contributed by atoms with Crippen LogP contribution in [-0.2, 0) is 6.42 Å². The first kappa shape index (κ1) is 19.8. The van der Waals surface area contributed by atoms with E-state index in [-0.39, 0.29) is 0 Å². The molecule has 2 aliphatic rings. The molecule has 2 aliphatic carbocycles. The fourth-order valence-electron chi connectivity index (χ4n) is 5.15. The van der Waals surface area contributed by atoms with Crippen molar-refractivity contribution in [3.8, 4) is 5.75 Å². The summed E-state index contributed by atoms with van der Waals surface area (Å²) in [4.78, 5) is 0. The van der Waals surface area contributed by atoms with Crippen LogP contribution in [0.25, 0.3) is 0 Å². The molecular formula is C24H35ClO. The molecule has 0 radical (unpaired) electrons. The van der Waals surface area contributed by atoms with E-state index in [1.54, 1.807) is 5.54 Å². The zero-order valence-electron chi connectivity index (χ0n) is 16.3. The van der Waals surface area contributed by atoms with Gasteiger partial charge in [-0.25, -0.2) is 0 Å². The van der Waals surface area contributed by atoms with Crippen molar-refractivity contribution in [2.24, 2.45) is 23.7 Å². The second-order valence-corrected chi connectivity index (χ2v) is 8.64. The molecule has 2 heteroatoms. The lowest BCUT2D eigenvalue weighted by Gasteiger charge is -2.37.